The average Bonchev–Trinajstić information content (AvgIpc) is 3.55. The number of nitrogens with zero attached hydrogens (tertiary/aromatic N) is 8. The fraction of sp³-hybridized carbons (Fsp3) is 0.222. The Morgan fingerprint density at radius 1 is 1.07 bits per heavy atom. The Balaban J connectivity index is 1.25. The van der Waals surface area contributed by atoms with Crippen LogP contribution in [-0.2, 0) is 0 Å². The summed E-state index contributed by atoms with van der Waals surface area (Å²) >= 11 is 1.55. The first kappa shape index (κ1) is 17.5. The second-order valence-corrected chi connectivity index (χ2v) is 7.36. The Hall–Kier alpha value is -3.60. The van der Waals surface area contributed by atoms with E-state index in [1.165, 1.54) is 12.7 Å². The van der Waals surface area contributed by atoms with Gasteiger partial charge in [-0.3, -0.25) is 4.79 Å². The lowest BCUT2D eigenvalue weighted by Gasteiger charge is -2.35. The zero-order chi connectivity index (χ0) is 19.6. The molecule has 146 valence electrons. The average molecular weight is 408 g/mol. The highest BCUT2D eigenvalue weighted by Crippen LogP contribution is 2.25. The van der Waals surface area contributed by atoms with E-state index in [0.29, 0.717) is 43.5 Å². The van der Waals surface area contributed by atoms with Crippen LogP contribution in [0.1, 0.15) is 10.5 Å². The molecular formula is C18H16N8O2S. The fourth-order valence-corrected chi connectivity index (χ4v) is 3.85. The minimum absolute atomic E-state index is 0.123. The van der Waals surface area contributed by atoms with Gasteiger partial charge in [0.15, 0.2) is 17.3 Å². The standard InChI is InChI=1S/C18H16N8O2S/c27-18(13-8-14(28-23-13)15-2-1-7-29-15)25-5-3-24(4-6-25)16-9-17(21-11-20-16)26-12-19-10-22-26/h1-2,7-12H,3-6H2. The predicted molar refractivity (Wildman–Crippen MR) is 105 cm³/mol. The Morgan fingerprint density at radius 2 is 1.93 bits per heavy atom. The monoisotopic (exact) mass is 408 g/mol. The number of carbonyl (C=O) groups is 1. The maximum absolute atomic E-state index is 12.8. The van der Waals surface area contributed by atoms with E-state index < -0.39 is 0 Å². The summed E-state index contributed by atoms with van der Waals surface area (Å²) in [5.41, 5.74) is 0.331. The smallest absolute Gasteiger partial charge is 0.276 e. The van der Waals surface area contributed by atoms with Gasteiger partial charge in [-0.05, 0) is 11.4 Å². The second kappa shape index (κ2) is 7.43. The van der Waals surface area contributed by atoms with Crippen molar-refractivity contribution in [1.29, 1.82) is 0 Å². The first-order valence-electron chi connectivity index (χ1n) is 9.00. The van der Waals surface area contributed by atoms with E-state index in [2.05, 4.69) is 30.1 Å². The van der Waals surface area contributed by atoms with Crippen molar-refractivity contribution < 1.29 is 9.32 Å². The third kappa shape index (κ3) is 3.47. The Kier molecular flexibility index (Phi) is 4.48. The first-order chi connectivity index (χ1) is 14.3. The Bertz CT molecular complexity index is 1100. The minimum atomic E-state index is -0.123. The van der Waals surface area contributed by atoms with Gasteiger partial charge in [0.1, 0.15) is 24.8 Å². The van der Waals surface area contributed by atoms with Gasteiger partial charge in [0.05, 0.1) is 4.88 Å². The number of carbonyl (C=O) groups excluding carboxylic acids is 1. The summed E-state index contributed by atoms with van der Waals surface area (Å²) < 4.78 is 6.92. The molecule has 0 aliphatic carbocycles. The number of amides is 1. The van der Waals surface area contributed by atoms with E-state index in [1.807, 2.05) is 23.6 Å². The minimum Gasteiger partial charge on any atom is -0.355 e. The number of rotatable bonds is 4. The van der Waals surface area contributed by atoms with E-state index in [1.54, 1.807) is 33.3 Å². The molecule has 0 N–H and O–H groups in total. The number of aromatic nitrogens is 6. The van der Waals surface area contributed by atoms with Gasteiger partial charge in [-0.2, -0.15) is 5.10 Å². The highest BCUT2D eigenvalue weighted by molar-refractivity contribution is 7.13. The molecule has 1 fully saturated rings. The maximum Gasteiger partial charge on any atom is 0.276 e. The molecule has 0 aromatic carbocycles. The summed E-state index contributed by atoms with van der Waals surface area (Å²) in [7, 11) is 0. The molecule has 5 heterocycles. The van der Waals surface area contributed by atoms with Crippen LogP contribution in [0.5, 0.6) is 0 Å². The summed E-state index contributed by atoms with van der Waals surface area (Å²) in [4.78, 5) is 30.1. The third-order valence-electron chi connectivity index (χ3n) is 4.68. The molecular weight excluding hydrogens is 392 g/mol. The van der Waals surface area contributed by atoms with Gasteiger partial charge in [0.2, 0.25) is 0 Å². The van der Waals surface area contributed by atoms with Gasteiger partial charge in [0.25, 0.3) is 5.91 Å². The molecule has 0 atom stereocenters. The molecule has 0 saturated carbocycles. The molecule has 1 amide bonds. The zero-order valence-corrected chi connectivity index (χ0v) is 16.1. The van der Waals surface area contributed by atoms with Gasteiger partial charge in [0, 0.05) is 38.3 Å². The van der Waals surface area contributed by atoms with Crippen molar-refractivity contribution >= 4 is 23.1 Å². The predicted octanol–water partition coefficient (Wildman–Crippen LogP) is 1.74. The first-order valence-corrected chi connectivity index (χ1v) is 9.88. The molecule has 11 heteroatoms. The maximum atomic E-state index is 12.8. The number of hydrogen-bond donors (Lipinski definition) is 0. The molecule has 10 nitrogen and oxygen atoms in total. The summed E-state index contributed by atoms with van der Waals surface area (Å²) in [6, 6.07) is 7.44. The lowest BCUT2D eigenvalue weighted by atomic mass is 10.2. The van der Waals surface area contributed by atoms with Crippen LogP contribution in [0.25, 0.3) is 16.5 Å². The van der Waals surface area contributed by atoms with Crippen LogP contribution >= 0.6 is 11.3 Å². The molecule has 0 spiro atoms. The fourth-order valence-electron chi connectivity index (χ4n) is 3.17. The van der Waals surface area contributed by atoms with Crippen LogP contribution < -0.4 is 4.90 Å². The SMILES string of the molecule is O=C(c1cc(-c2cccs2)on1)N1CCN(c2cc(-n3cncn3)ncn2)CC1. The van der Waals surface area contributed by atoms with Crippen LogP contribution in [0.4, 0.5) is 5.82 Å². The number of hydrogen-bond acceptors (Lipinski definition) is 9. The Labute approximate surface area is 169 Å². The van der Waals surface area contributed by atoms with Gasteiger partial charge < -0.3 is 14.3 Å². The molecule has 4 aromatic heterocycles. The summed E-state index contributed by atoms with van der Waals surface area (Å²) in [5.74, 6) is 1.93. The highest BCUT2D eigenvalue weighted by atomic mass is 32.1. The van der Waals surface area contributed by atoms with Crippen molar-refractivity contribution in [2.45, 2.75) is 0 Å². The number of piperazine rings is 1. The second-order valence-electron chi connectivity index (χ2n) is 6.41. The molecule has 0 unspecified atom stereocenters. The molecule has 0 radical (unpaired) electrons. The molecule has 4 aromatic rings. The van der Waals surface area contributed by atoms with E-state index in [9.17, 15) is 4.79 Å². The largest absolute Gasteiger partial charge is 0.355 e. The molecule has 5 rings (SSSR count). The Morgan fingerprint density at radius 3 is 2.69 bits per heavy atom. The zero-order valence-electron chi connectivity index (χ0n) is 15.2. The number of thiophene rings is 1. The van der Waals surface area contributed by atoms with Gasteiger partial charge in [-0.15, -0.1) is 11.3 Å². The molecule has 29 heavy (non-hydrogen) atoms. The topological polar surface area (TPSA) is 106 Å². The molecule has 0 bridgehead atoms. The van der Waals surface area contributed by atoms with Crippen molar-refractivity contribution in [2.24, 2.45) is 0 Å². The normalized spacial score (nSPS) is 14.3. The van der Waals surface area contributed by atoms with Crippen molar-refractivity contribution in [3.63, 3.8) is 0 Å². The molecule has 1 aliphatic heterocycles. The van der Waals surface area contributed by atoms with E-state index in [0.717, 1.165) is 10.7 Å². The molecule has 1 saturated heterocycles. The summed E-state index contributed by atoms with van der Waals surface area (Å²) in [6.45, 7) is 2.47. The van der Waals surface area contributed by atoms with Gasteiger partial charge in [-0.1, -0.05) is 11.2 Å². The van der Waals surface area contributed by atoms with E-state index in [-0.39, 0.29) is 5.91 Å². The van der Waals surface area contributed by atoms with Crippen LogP contribution in [0.15, 0.2) is 53.2 Å². The van der Waals surface area contributed by atoms with Crippen molar-refractivity contribution in [3.05, 3.63) is 54.3 Å². The third-order valence-corrected chi connectivity index (χ3v) is 5.56. The van der Waals surface area contributed by atoms with Crippen LogP contribution in [0, 0.1) is 0 Å². The van der Waals surface area contributed by atoms with Crippen molar-refractivity contribution in [1.82, 2.24) is 34.8 Å². The lowest BCUT2D eigenvalue weighted by molar-refractivity contribution is 0.0736. The van der Waals surface area contributed by atoms with Crippen molar-refractivity contribution in [3.8, 4) is 16.5 Å². The number of anilines is 1. The summed E-state index contributed by atoms with van der Waals surface area (Å²) in [5, 5.41) is 10.0. The van der Waals surface area contributed by atoms with Crippen LogP contribution in [0.3, 0.4) is 0 Å². The van der Waals surface area contributed by atoms with E-state index >= 15 is 0 Å². The molecule has 1 aliphatic rings. The lowest BCUT2D eigenvalue weighted by Crippen LogP contribution is -2.49. The van der Waals surface area contributed by atoms with Gasteiger partial charge in [-0.25, -0.2) is 19.6 Å². The van der Waals surface area contributed by atoms with Crippen LogP contribution in [0.2, 0.25) is 0 Å². The van der Waals surface area contributed by atoms with Crippen LogP contribution in [-0.4, -0.2) is 66.9 Å². The van der Waals surface area contributed by atoms with Gasteiger partial charge >= 0.3 is 0 Å². The van der Waals surface area contributed by atoms with Crippen molar-refractivity contribution in [2.75, 3.05) is 31.1 Å². The summed E-state index contributed by atoms with van der Waals surface area (Å²) in [6.07, 6.45) is 4.55. The quantitative estimate of drug-likeness (QED) is 0.503. The van der Waals surface area contributed by atoms with E-state index in [4.69, 9.17) is 4.52 Å². The highest BCUT2D eigenvalue weighted by Gasteiger charge is 2.25.